The number of halogens is 1. The van der Waals surface area contributed by atoms with Gasteiger partial charge < -0.3 is 18.4 Å². The summed E-state index contributed by atoms with van der Waals surface area (Å²) in [6.45, 7) is 8.26. The quantitative estimate of drug-likeness (QED) is 0.122. The lowest BCUT2D eigenvalue weighted by atomic mass is 9.79. The summed E-state index contributed by atoms with van der Waals surface area (Å²) in [5.41, 5.74) is 14.6. The first-order valence-corrected chi connectivity index (χ1v) is 39.8. The molecule has 8 nitrogen and oxygen atoms in total. The van der Waals surface area contributed by atoms with Crippen LogP contribution in [0.1, 0.15) is 27.7 Å². The number of fused-ring (bicyclic) bond motifs is 26. The van der Waals surface area contributed by atoms with E-state index >= 15 is 0 Å². The van der Waals surface area contributed by atoms with Crippen LogP contribution in [0.4, 0.5) is 0 Å². The highest BCUT2D eigenvalue weighted by Gasteiger charge is 2.51. The van der Waals surface area contributed by atoms with Crippen molar-refractivity contribution in [3.8, 4) is 45.3 Å². The first kappa shape index (κ1) is 64.9. The topological polar surface area (TPSA) is 79.9 Å². The third-order valence-electron chi connectivity index (χ3n) is 21.9. The summed E-state index contributed by atoms with van der Waals surface area (Å²) in [6, 6.07) is 108. The molecule has 8 aromatic heterocycles. The van der Waals surface area contributed by atoms with Crippen molar-refractivity contribution in [1.82, 2.24) is 29.1 Å². The van der Waals surface area contributed by atoms with Gasteiger partial charge >= 0.3 is 7.12 Å². The van der Waals surface area contributed by atoms with Crippen molar-refractivity contribution in [1.29, 1.82) is 0 Å². The molecule has 0 amide bonds. The molecule has 0 spiro atoms. The highest BCUT2D eigenvalue weighted by Crippen LogP contribution is 2.51. The Balaban J connectivity index is 0.000000116. The summed E-state index contributed by atoms with van der Waals surface area (Å²) in [7, 11) is -0.240. The van der Waals surface area contributed by atoms with Crippen molar-refractivity contribution in [2.75, 3.05) is 0 Å². The first-order chi connectivity index (χ1) is 53.0. The number of benzene rings is 14. The average molecular weight is 1480 g/mol. The number of para-hydroxylation sites is 2. The van der Waals surface area contributed by atoms with Gasteiger partial charge in [0.15, 0.2) is 5.82 Å². The maximum Gasteiger partial charge on any atom is 0.494 e. The van der Waals surface area contributed by atoms with E-state index in [0.717, 1.165) is 76.6 Å². The van der Waals surface area contributed by atoms with Gasteiger partial charge in [0.1, 0.15) is 0 Å². The number of aromatic nitrogens is 6. The minimum atomic E-state index is -0.256. The zero-order chi connectivity index (χ0) is 72.1. The van der Waals surface area contributed by atoms with Crippen LogP contribution in [0.15, 0.2) is 303 Å². The second-order valence-corrected chi connectivity index (χ2v) is 33.1. The van der Waals surface area contributed by atoms with Gasteiger partial charge in [-0.3, -0.25) is 0 Å². The Kier molecular flexibility index (Phi) is 15.2. The fourth-order valence-corrected chi connectivity index (χ4v) is 21.2. The van der Waals surface area contributed by atoms with E-state index in [1.165, 1.54) is 120 Å². The molecule has 14 heteroatoms. The van der Waals surface area contributed by atoms with Crippen molar-refractivity contribution in [2.24, 2.45) is 0 Å². The minimum Gasteiger partial charge on any atom is -0.399 e. The smallest absolute Gasteiger partial charge is 0.399 e. The summed E-state index contributed by atoms with van der Waals surface area (Å²) in [6.07, 6.45) is 0. The van der Waals surface area contributed by atoms with Gasteiger partial charge in [0.2, 0.25) is 5.28 Å². The van der Waals surface area contributed by atoms with Gasteiger partial charge in [0.05, 0.1) is 74.5 Å². The molecule has 0 aliphatic carbocycles. The molecule has 0 saturated carbocycles. The summed E-state index contributed by atoms with van der Waals surface area (Å²) in [5, 5.41) is 18.2. The van der Waals surface area contributed by atoms with Crippen LogP contribution in [0.3, 0.4) is 0 Å². The number of rotatable bonds is 6. The monoisotopic (exact) mass is 1480 g/mol. The van der Waals surface area contributed by atoms with E-state index in [1.54, 1.807) is 22.7 Å². The van der Waals surface area contributed by atoms with E-state index in [2.05, 4.69) is 291 Å². The van der Waals surface area contributed by atoms with Crippen LogP contribution in [-0.4, -0.2) is 47.4 Å². The van der Waals surface area contributed by atoms with Crippen LogP contribution in [0.2, 0.25) is 5.28 Å². The molecule has 14 aromatic carbocycles. The fraction of sp³-hybridized carbons (Fsp3) is 0.0638. The summed E-state index contributed by atoms with van der Waals surface area (Å²) in [4.78, 5) is 19.7. The van der Waals surface area contributed by atoms with Crippen molar-refractivity contribution in [3.63, 3.8) is 0 Å². The lowest BCUT2D eigenvalue weighted by Crippen LogP contribution is -2.41. The van der Waals surface area contributed by atoms with Gasteiger partial charge in [-0.15, -0.1) is 45.3 Å². The predicted molar refractivity (Wildman–Crippen MR) is 463 cm³/mol. The van der Waals surface area contributed by atoms with Gasteiger partial charge in [0, 0.05) is 101 Å². The lowest BCUT2D eigenvalue weighted by Gasteiger charge is -2.32. The molecule has 0 radical (unpaired) electrons. The molecule has 9 heterocycles. The average Bonchev–Trinajstić information content (AvgIpc) is 1.54. The SMILES string of the molecule is CC1(C)OB(c2ccccc2)OC1(C)C.Clc1nc(-c2ccc(-n3c4ccccc4c4c5ccccc5c5c6ccccc6sc5c43)cc2)c2sc3ccccc3c2n1.c1ccc(-c2nc(-c3ccc(-n4c5ccccc5c5c6ccccc6c6c7ccccc7sc6c54)cc3)c3sc4ccccc4c3n2)cc1. The van der Waals surface area contributed by atoms with Crippen molar-refractivity contribution >= 4 is 216 Å². The Morgan fingerprint density at radius 1 is 0.306 bits per heavy atom. The molecule has 0 N–H and O–H groups in total. The van der Waals surface area contributed by atoms with Crippen molar-refractivity contribution in [3.05, 3.63) is 309 Å². The second-order valence-electron chi connectivity index (χ2n) is 28.6. The third kappa shape index (κ3) is 10.3. The summed E-state index contributed by atoms with van der Waals surface area (Å²) < 4.78 is 26.6. The van der Waals surface area contributed by atoms with Crippen LogP contribution in [-0.2, 0) is 9.31 Å². The van der Waals surface area contributed by atoms with E-state index in [4.69, 9.17) is 35.9 Å². The zero-order valence-corrected chi connectivity index (χ0v) is 63.0. The normalized spacial score (nSPS) is 13.7. The third-order valence-corrected chi connectivity index (χ3v) is 26.7. The first-order valence-electron chi connectivity index (χ1n) is 36.2. The Morgan fingerprint density at radius 2 is 0.648 bits per heavy atom. The molecule has 22 aromatic rings. The molecule has 514 valence electrons. The molecule has 23 rings (SSSR count). The van der Waals surface area contributed by atoms with Crippen molar-refractivity contribution in [2.45, 2.75) is 38.9 Å². The van der Waals surface area contributed by atoms with Gasteiger partial charge in [-0.05, 0) is 127 Å². The molecular weight excluding hydrogens is 1420 g/mol. The van der Waals surface area contributed by atoms with Gasteiger partial charge in [-0.2, -0.15) is 0 Å². The van der Waals surface area contributed by atoms with E-state index < -0.39 is 0 Å². The Morgan fingerprint density at radius 3 is 1.10 bits per heavy atom. The lowest BCUT2D eigenvalue weighted by molar-refractivity contribution is 0.00578. The largest absolute Gasteiger partial charge is 0.494 e. The highest BCUT2D eigenvalue weighted by molar-refractivity contribution is 7.28. The maximum absolute atomic E-state index is 6.49. The molecule has 1 saturated heterocycles. The van der Waals surface area contributed by atoms with Crippen molar-refractivity contribution < 1.29 is 9.31 Å². The van der Waals surface area contributed by atoms with E-state index in [-0.39, 0.29) is 23.6 Å². The number of thiophene rings is 4. The molecule has 1 aliphatic rings. The molecule has 0 unspecified atom stereocenters. The fourth-order valence-electron chi connectivity index (χ4n) is 16.2. The number of hydrogen-bond donors (Lipinski definition) is 0. The van der Waals surface area contributed by atoms with Gasteiger partial charge in [0.25, 0.3) is 0 Å². The van der Waals surface area contributed by atoms with Gasteiger partial charge in [-0.1, -0.05) is 243 Å². The summed E-state index contributed by atoms with van der Waals surface area (Å²) >= 11 is 13.8. The molecule has 1 fully saturated rings. The number of nitrogens with zero attached hydrogens (tertiary/aromatic N) is 6. The van der Waals surface area contributed by atoms with Crippen LogP contribution < -0.4 is 5.46 Å². The predicted octanol–water partition coefficient (Wildman–Crippen LogP) is 26.6. The number of hydrogen-bond acceptors (Lipinski definition) is 10. The molecule has 1 aliphatic heterocycles. The van der Waals surface area contributed by atoms with Crippen LogP contribution >= 0.6 is 56.9 Å². The van der Waals surface area contributed by atoms with E-state index in [0.29, 0.717) is 0 Å². The van der Waals surface area contributed by atoms with E-state index in [1.807, 2.05) is 77.3 Å². The molecular formula is C94H62BClN6O2S4. The minimum absolute atomic E-state index is 0.240. The Labute approximate surface area is 641 Å². The standard InChI is InChI=1S/C44H25N3S2.C38H20ClN3S2.C12H17BO2/c1-2-12-27(13-3-1)44-45-39(43-40(46-44)33-18-8-11-21-36(33)49-43)26-22-24-28(25-23-26)47-34-19-9-6-16-31(34)37-29-14-4-5-15-30(29)38-32-17-7-10-20-35(32)48-42(38)41(37)47;39-38-40-33(37-34(41-38)27-13-5-8-16-30(27)44-37)21-17-19-22(20-18-21)42-28-14-6-3-11-25(28)31-23-9-1-2-10-24(23)32-26-12-4-7-15-29(26)43-36(32)35(31)42;1-11(2)12(3,4)15-13(14-11)10-8-6-5-7-9-10/h1-25H;1-20H;5-9H,1-4H3. The maximum atomic E-state index is 6.49. The highest BCUT2D eigenvalue weighted by atomic mass is 35.5. The second kappa shape index (κ2) is 25.3. The zero-order valence-electron chi connectivity index (χ0n) is 59.0. The van der Waals surface area contributed by atoms with Crippen LogP contribution in [0.5, 0.6) is 0 Å². The molecule has 0 atom stereocenters. The van der Waals surface area contributed by atoms with Crippen LogP contribution in [0, 0.1) is 0 Å². The van der Waals surface area contributed by atoms with E-state index in [9.17, 15) is 0 Å². The van der Waals surface area contributed by atoms with Gasteiger partial charge in [-0.25, -0.2) is 19.9 Å². The molecule has 108 heavy (non-hydrogen) atoms. The summed E-state index contributed by atoms with van der Waals surface area (Å²) in [5.74, 6) is 0.747. The Bertz CT molecular complexity index is 7390. The van der Waals surface area contributed by atoms with Crippen LogP contribution in [0.25, 0.3) is 191 Å². The Hall–Kier alpha value is -11.5. The molecule has 0 bridgehead atoms.